The second kappa shape index (κ2) is 17.4. The summed E-state index contributed by atoms with van der Waals surface area (Å²) in [5.74, 6) is 1.25. The van der Waals surface area contributed by atoms with Gasteiger partial charge in [0, 0.05) is 36.9 Å². The summed E-state index contributed by atoms with van der Waals surface area (Å²) in [6.07, 6.45) is 4.03. The van der Waals surface area contributed by atoms with E-state index in [-0.39, 0.29) is 11.9 Å². The predicted octanol–water partition coefficient (Wildman–Crippen LogP) is 3.15. The van der Waals surface area contributed by atoms with E-state index in [1.165, 1.54) is 0 Å². The van der Waals surface area contributed by atoms with Crippen LogP contribution in [0.25, 0.3) is 0 Å². The zero-order chi connectivity index (χ0) is 26.0. The number of benzene rings is 1. The van der Waals surface area contributed by atoms with E-state index in [9.17, 15) is 4.79 Å². The van der Waals surface area contributed by atoms with Crippen molar-refractivity contribution in [3.05, 3.63) is 29.8 Å². The van der Waals surface area contributed by atoms with Crippen LogP contribution in [0.5, 0.6) is 0 Å². The van der Waals surface area contributed by atoms with Gasteiger partial charge in [-0.2, -0.15) is 15.0 Å². The van der Waals surface area contributed by atoms with Gasteiger partial charge in [-0.1, -0.05) is 33.3 Å². The first kappa shape index (κ1) is 29.2. The molecule has 2 rings (SSSR count). The Kier molecular flexibility index (Phi) is 14.1. The molecule has 1 aromatic heterocycles. The fourth-order valence-electron chi connectivity index (χ4n) is 3.24. The first-order chi connectivity index (χ1) is 17.6. The van der Waals surface area contributed by atoms with E-state index in [4.69, 9.17) is 15.2 Å². The highest BCUT2D eigenvalue weighted by atomic mass is 16.5. The number of nitrogens with zero attached hydrogens (tertiary/aromatic N) is 3. The topological polar surface area (TPSA) is 148 Å². The number of nitrogens with two attached hydrogens (primary N) is 1. The summed E-state index contributed by atoms with van der Waals surface area (Å²) in [6, 6.07) is 7.47. The van der Waals surface area contributed by atoms with Gasteiger partial charge >= 0.3 is 0 Å². The monoisotopic (exact) mass is 502 g/mol. The first-order valence-electron chi connectivity index (χ1n) is 12.9. The molecular formula is C25H42N8O3. The van der Waals surface area contributed by atoms with Gasteiger partial charge in [-0.3, -0.25) is 4.79 Å². The Morgan fingerprint density at radius 1 is 0.944 bits per heavy atom. The van der Waals surface area contributed by atoms with E-state index in [1.54, 1.807) is 12.1 Å². The van der Waals surface area contributed by atoms with Gasteiger partial charge in [0.25, 0.3) is 5.91 Å². The van der Waals surface area contributed by atoms with Crippen LogP contribution in [0.1, 0.15) is 56.8 Å². The highest BCUT2D eigenvalue weighted by Gasteiger charge is 2.12. The first-order valence-corrected chi connectivity index (χ1v) is 12.9. The molecular weight excluding hydrogens is 460 g/mol. The molecule has 0 spiro atoms. The number of ether oxygens (including phenoxy) is 2. The highest BCUT2D eigenvalue weighted by molar-refractivity contribution is 5.95. The van der Waals surface area contributed by atoms with Crippen LogP contribution in [-0.2, 0) is 9.47 Å². The maximum Gasteiger partial charge on any atom is 0.251 e. The molecule has 1 amide bonds. The van der Waals surface area contributed by atoms with Crippen LogP contribution < -0.4 is 27.0 Å². The Bertz CT molecular complexity index is 895. The molecule has 0 aliphatic rings. The minimum absolute atomic E-state index is 0.185. The lowest BCUT2D eigenvalue weighted by Crippen LogP contribution is -2.27. The molecule has 200 valence electrons. The second-order valence-corrected chi connectivity index (χ2v) is 8.22. The SMILES string of the molecule is CCCCNc1nc(Nc2cccc(C(=O)NCCOCCOCCN)c2)nc(NC(CC)CC)n1. The molecule has 0 radical (unpaired) electrons. The molecule has 0 bridgehead atoms. The van der Waals surface area contributed by atoms with Gasteiger partial charge in [-0.25, -0.2) is 0 Å². The lowest BCUT2D eigenvalue weighted by molar-refractivity contribution is 0.0511. The number of unbranched alkanes of at least 4 members (excludes halogenated alkanes) is 1. The van der Waals surface area contributed by atoms with Gasteiger partial charge in [0.2, 0.25) is 17.8 Å². The van der Waals surface area contributed by atoms with E-state index in [0.29, 0.717) is 68.6 Å². The quantitative estimate of drug-likeness (QED) is 0.181. The summed E-state index contributed by atoms with van der Waals surface area (Å²) in [7, 11) is 0. The van der Waals surface area contributed by atoms with Crippen molar-refractivity contribution < 1.29 is 14.3 Å². The molecule has 0 saturated carbocycles. The van der Waals surface area contributed by atoms with Gasteiger partial charge in [-0.05, 0) is 37.5 Å². The summed E-state index contributed by atoms with van der Waals surface area (Å²) in [5, 5.41) is 12.7. The Morgan fingerprint density at radius 2 is 1.67 bits per heavy atom. The Hall–Kier alpha value is -3.02. The number of carbonyl (C=O) groups is 1. The average Bonchev–Trinajstić information content (AvgIpc) is 2.89. The Morgan fingerprint density at radius 3 is 2.39 bits per heavy atom. The summed E-state index contributed by atoms with van der Waals surface area (Å²) in [4.78, 5) is 26.2. The predicted molar refractivity (Wildman–Crippen MR) is 144 cm³/mol. The normalized spacial score (nSPS) is 10.9. The zero-order valence-electron chi connectivity index (χ0n) is 21.8. The molecule has 0 atom stereocenters. The summed E-state index contributed by atoms with van der Waals surface area (Å²) >= 11 is 0. The van der Waals surface area contributed by atoms with Gasteiger partial charge in [0.05, 0.1) is 26.4 Å². The number of rotatable bonds is 19. The van der Waals surface area contributed by atoms with Gasteiger partial charge in [0.15, 0.2) is 0 Å². The van der Waals surface area contributed by atoms with Crippen molar-refractivity contribution in [3.63, 3.8) is 0 Å². The average molecular weight is 503 g/mol. The molecule has 0 aliphatic heterocycles. The molecule has 0 fully saturated rings. The molecule has 0 aliphatic carbocycles. The van der Waals surface area contributed by atoms with Crippen LogP contribution in [0.4, 0.5) is 23.5 Å². The van der Waals surface area contributed by atoms with Crippen molar-refractivity contribution in [1.29, 1.82) is 0 Å². The molecule has 1 heterocycles. The molecule has 1 aromatic carbocycles. The highest BCUT2D eigenvalue weighted by Crippen LogP contribution is 2.18. The van der Waals surface area contributed by atoms with Crippen molar-refractivity contribution in [2.45, 2.75) is 52.5 Å². The van der Waals surface area contributed by atoms with Crippen LogP contribution in [0, 0.1) is 0 Å². The summed E-state index contributed by atoms with van der Waals surface area (Å²) in [5.41, 5.74) is 6.59. The van der Waals surface area contributed by atoms with Gasteiger partial charge in [-0.15, -0.1) is 0 Å². The summed E-state index contributed by atoms with van der Waals surface area (Å²) in [6.45, 7) is 9.93. The van der Waals surface area contributed by atoms with Gasteiger partial charge < -0.3 is 36.5 Å². The maximum atomic E-state index is 12.6. The maximum absolute atomic E-state index is 12.6. The zero-order valence-corrected chi connectivity index (χ0v) is 21.8. The number of nitrogens with one attached hydrogen (secondary N) is 4. The van der Waals surface area contributed by atoms with E-state index in [2.05, 4.69) is 57.0 Å². The van der Waals surface area contributed by atoms with E-state index in [0.717, 1.165) is 32.2 Å². The van der Waals surface area contributed by atoms with Crippen molar-refractivity contribution in [3.8, 4) is 0 Å². The Labute approximate surface area is 214 Å². The van der Waals surface area contributed by atoms with Crippen LogP contribution in [0.15, 0.2) is 24.3 Å². The molecule has 11 heteroatoms. The minimum atomic E-state index is -0.185. The smallest absolute Gasteiger partial charge is 0.251 e. The third kappa shape index (κ3) is 11.1. The number of hydrogen-bond acceptors (Lipinski definition) is 10. The lowest BCUT2D eigenvalue weighted by Gasteiger charge is -2.16. The molecule has 0 saturated heterocycles. The minimum Gasteiger partial charge on any atom is -0.378 e. The number of carbonyl (C=O) groups excluding carboxylic acids is 1. The fourth-order valence-corrected chi connectivity index (χ4v) is 3.24. The molecule has 11 nitrogen and oxygen atoms in total. The molecule has 6 N–H and O–H groups in total. The van der Waals surface area contributed by atoms with Crippen molar-refractivity contribution in [1.82, 2.24) is 20.3 Å². The number of anilines is 4. The second-order valence-electron chi connectivity index (χ2n) is 8.22. The molecule has 2 aromatic rings. The lowest BCUT2D eigenvalue weighted by atomic mass is 10.2. The number of hydrogen-bond donors (Lipinski definition) is 5. The van der Waals surface area contributed by atoms with E-state index < -0.39 is 0 Å². The standard InChI is InChI=1S/C25H42N8O3/c1-4-7-12-28-23-31-24(29-20(5-2)6-3)33-25(32-23)30-21-10-8-9-19(18-21)22(34)27-13-15-36-17-16-35-14-11-26/h8-10,18,20H,4-7,11-17,26H2,1-3H3,(H,27,34)(H3,28,29,30,31,32,33). The largest absolute Gasteiger partial charge is 0.378 e. The van der Waals surface area contributed by atoms with E-state index >= 15 is 0 Å². The molecule has 0 unspecified atom stereocenters. The number of amides is 1. The fraction of sp³-hybridized carbons (Fsp3) is 0.600. The van der Waals surface area contributed by atoms with Crippen molar-refractivity contribution in [2.75, 3.05) is 62.0 Å². The Balaban J connectivity index is 1.99. The van der Waals surface area contributed by atoms with E-state index in [1.807, 2.05) is 12.1 Å². The third-order valence-corrected chi connectivity index (χ3v) is 5.31. The van der Waals surface area contributed by atoms with Gasteiger partial charge in [0.1, 0.15) is 0 Å². The van der Waals surface area contributed by atoms with Crippen LogP contribution in [-0.4, -0.2) is 73.0 Å². The molecule has 36 heavy (non-hydrogen) atoms. The van der Waals surface area contributed by atoms with Crippen LogP contribution in [0.2, 0.25) is 0 Å². The number of aromatic nitrogens is 3. The summed E-state index contributed by atoms with van der Waals surface area (Å²) < 4.78 is 10.7. The van der Waals surface area contributed by atoms with Crippen LogP contribution >= 0.6 is 0 Å². The van der Waals surface area contributed by atoms with Crippen molar-refractivity contribution >= 4 is 29.4 Å². The van der Waals surface area contributed by atoms with Crippen molar-refractivity contribution in [2.24, 2.45) is 5.73 Å². The van der Waals surface area contributed by atoms with Crippen LogP contribution in [0.3, 0.4) is 0 Å². The third-order valence-electron chi connectivity index (χ3n) is 5.31.